The predicted octanol–water partition coefficient (Wildman–Crippen LogP) is 3.69. The van der Waals surface area contributed by atoms with E-state index in [1.54, 1.807) is 0 Å². The quantitative estimate of drug-likeness (QED) is 0.875. The van der Waals surface area contributed by atoms with Crippen molar-refractivity contribution in [2.24, 2.45) is 0 Å². The minimum atomic E-state index is 0.202. The summed E-state index contributed by atoms with van der Waals surface area (Å²) in [4.78, 5) is 9.03. The van der Waals surface area contributed by atoms with Crippen LogP contribution in [0.4, 0.5) is 0 Å². The van der Waals surface area contributed by atoms with E-state index in [-0.39, 0.29) is 6.04 Å². The zero-order valence-electron chi connectivity index (χ0n) is 11.9. The highest BCUT2D eigenvalue weighted by molar-refractivity contribution is 9.10. The average molecular weight is 334 g/mol. The Bertz CT molecular complexity index is 522. The third kappa shape index (κ3) is 4.12. The van der Waals surface area contributed by atoms with Crippen molar-refractivity contribution in [3.05, 3.63) is 58.1 Å². The molecule has 0 fully saturated rings. The molecule has 4 heteroatoms. The summed E-state index contributed by atoms with van der Waals surface area (Å²) < 4.78 is 1.00. The fraction of sp³-hybridized carbons (Fsp3) is 0.375. The minimum absolute atomic E-state index is 0.202. The molecular weight excluding hydrogens is 314 g/mol. The van der Waals surface area contributed by atoms with Gasteiger partial charge < -0.3 is 5.32 Å². The van der Waals surface area contributed by atoms with E-state index in [0.29, 0.717) is 0 Å². The van der Waals surface area contributed by atoms with Crippen LogP contribution in [0.3, 0.4) is 0 Å². The number of nitrogens with one attached hydrogen (secondary N) is 1. The third-order valence-corrected chi connectivity index (χ3v) is 3.73. The van der Waals surface area contributed by atoms with E-state index in [0.717, 1.165) is 35.2 Å². The predicted molar refractivity (Wildman–Crippen MR) is 85.7 cm³/mol. The topological polar surface area (TPSA) is 37.8 Å². The molecule has 2 aromatic heterocycles. The Hall–Kier alpha value is -1.26. The standard InChI is InChI=1S/C16H20BrN3/c1-3-12-5-7-14(19-10-12)9-16(18-4-2)15-8-6-13(17)11-20-15/h5-8,10-11,16,18H,3-4,9H2,1-2H3. The Balaban J connectivity index is 2.13. The maximum Gasteiger partial charge on any atom is 0.0578 e. The summed E-state index contributed by atoms with van der Waals surface area (Å²) in [6, 6.07) is 8.55. The molecule has 0 spiro atoms. The van der Waals surface area contributed by atoms with Gasteiger partial charge in [0.2, 0.25) is 0 Å². The zero-order valence-corrected chi connectivity index (χ0v) is 13.5. The van der Waals surface area contributed by atoms with Gasteiger partial charge in [-0.2, -0.15) is 0 Å². The second-order valence-corrected chi connectivity index (χ2v) is 5.64. The van der Waals surface area contributed by atoms with Crippen molar-refractivity contribution >= 4 is 15.9 Å². The van der Waals surface area contributed by atoms with Gasteiger partial charge in [0.25, 0.3) is 0 Å². The molecule has 2 rings (SSSR count). The van der Waals surface area contributed by atoms with Crippen molar-refractivity contribution in [2.45, 2.75) is 32.7 Å². The second kappa shape index (κ2) is 7.50. The highest BCUT2D eigenvalue weighted by atomic mass is 79.9. The van der Waals surface area contributed by atoms with E-state index in [9.17, 15) is 0 Å². The van der Waals surface area contributed by atoms with Crippen LogP contribution in [0.15, 0.2) is 41.1 Å². The Morgan fingerprint density at radius 1 is 1.10 bits per heavy atom. The number of hydrogen-bond donors (Lipinski definition) is 1. The van der Waals surface area contributed by atoms with Gasteiger partial charge in [-0.15, -0.1) is 0 Å². The highest BCUT2D eigenvalue weighted by Gasteiger charge is 2.13. The van der Waals surface area contributed by atoms with Gasteiger partial charge in [0.05, 0.1) is 11.7 Å². The van der Waals surface area contributed by atoms with Gasteiger partial charge >= 0.3 is 0 Å². The van der Waals surface area contributed by atoms with Gasteiger partial charge in [0.15, 0.2) is 0 Å². The molecule has 0 bridgehead atoms. The van der Waals surface area contributed by atoms with E-state index in [2.05, 4.69) is 63.3 Å². The number of likely N-dealkylation sites (N-methyl/N-ethyl adjacent to an activating group) is 1. The Morgan fingerprint density at radius 2 is 1.95 bits per heavy atom. The number of halogens is 1. The number of aromatic nitrogens is 2. The first-order chi connectivity index (χ1) is 9.72. The Morgan fingerprint density at radius 3 is 2.50 bits per heavy atom. The Labute approximate surface area is 129 Å². The number of nitrogens with zero attached hydrogens (tertiary/aromatic N) is 2. The SMILES string of the molecule is CCNC(Cc1ccc(CC)cn1)c1ccc(Br)cn1. The molecule has 0 radical (unpaired) electrons. The van der Waals surface area contributed by atoms with Gasteiger partial charge in [-0.05, 0) is 52.7 Å². The summed E-state index contributed by atoms with van der Waals surface area (Å²) in [5.41, 5.74) is 3.42. The number of aryl methyl sites for hydroxylation is 1. The Kier molecular flexibility index (Phi) is 5.68. The lowest BCUT2D eigenvalue weighted by molar-refractivity contribution is 0.531. The van der Waals surface area contributed by atoms with E-state index in [1.807, 2.05) is 18.5 Å². The lowest BCUT2D eigenvalue weighted by atomic mass is 10.1. The van der Waals surface area contributed by atoms with Crippen molar-refractivity contribution in [3.63, 3.8) is 0 Å². The molecule has 1 unspecified atom stereocenters. The van der Waals surface area contributed by atoms with Crippen LogP contribution >= 0.6 is 15.9 Å². The molecule has 2 heterocycles. The largest absolute Gasteiger partial charge is 0.309 e. The van der Waals surface area contributed by atoms with Crippen molar-refractivity contribution in [1.82, 2.24) is 15.3 Å². The average Bonchev–Trinajstić information content (AvgIpc) is 2.48. The van der Waals surface area contributed by atoms with Crippen LogP contribution in [0.5, 0.6) is 0 Å². The smallest absolute Gasteiger partial charge is 0.0578 e. The molecule has 0 saturated heterocycles. The molecule has 0 saturated carbocycles. The monoisotopic (exact) mass is 333 g/mol. The molecule has 3 nitrogen and oxygen atoms in total. The normalized spacial score (nSPS) is 12.3. The van der Waals surface area contributed by atoms with Gasteiger partial charge in [-0.3, -0.25) is 9.97 Å². The molecule has 0 amide bonds. The lowest BCUT2D eigenvalue weighted by Crippen LogP contribution is -2.24. The minimum Gasteiger partial charge on any atom is -0.309 e. The summed E-state index contributed by atoms with van der Waals surface area (Å²) in [5.74, 6) is 0. The van der Waals surface area contributed by atoms with E-state index < -0.39 is 0 Å². The van der Waals surface area contributed by atoms with E-state index in [1.165, 1.54) is 5.56 Å². The van der Waals surface area contributed by atoms with Crippen LogP contribution in [-0.2, 0) is 12.8 Å². The lowest BCUT2D eigenvalue weighted by Gasteiger charge is -2.17. The van der Waals surface area contributed by atoms with Crippen LogP contribution in [0.2, 0.25) is 0 Å². The molecule has 0 aromatic carbocycles. The van der Waals surface area contributed by atoms with Gasteiger partial charge in [-0.1, -0.05) is 19.9 Å². The molecule has 0 aliphatic heterocycles. The molecule has 106 valence electrons. The first kappa shape index (κ1) is 15.1. The fourth-order valence-corrected chi connectivity index (χ4v) is 2.35. The molecule has 0 aliphatic carbocycles. The zero-order chi connectivity index (χ0) is 14.4. The van der Waals surface area contributed by atoms with Gasteiger partial charge in [-0.25, -0.2) is 0 Å². The van der Waals surface area contributed by atoms with Crippen LogP contribution < -0.4 is 5.32 Å². The van der Waals surface area contributed by atoms with Gasteiger partial charge in [0.1, 0.15) is 0 Å². The molecule has 2 aromatic rings. The van der Waals surface area contributed by atoms with Crippen LogP contribution in [0, 0.1) is 0 Å². The number of pyridine rings is 2. The number of rotatable bonds is 6. The molecule has 1 atom stereocenters. The van der Waals surface area contributed by atoms with Crippen molar-refractivity contribution in [3.8, 4) is 0 Å². The van der Waals surface area contributed by atoms with Crippen LogP contribution in [-0.4, -0.2) is 16.5 Å². The third-order valence-electron chi connectivity index (χ3n) is 3.27. The van der Waals surface area contributed by atoms with Crippen molar-refractivity contribution < 1.29 is 0 Å². The molecular formula is C16H20BrN3. The summed E-state index contributed by atoms with van der Waals surface area (Å²) >= 11 is 3.42. The van der Waals surface area contributed by atoms with Crippen molar-refractivity contribution in [1.29, 1.82) is 0 Å². The van der Waals surface area contributed by atoms with Crippen molar-refractivity contribution in [2.75, 3.05) is 6.54 Å². The van der Waals surface area contributed by atoms with Crippen LogP contribution in [0.25, 0.3) is 0 Å². The fourth-order valence-electron chi connectivity index (χ4n) is 2.12. The highest BCUT2D eigenvalue weighted by Crippen LogP contribution is 2.18. The summed E-state index contributed by atoms with van der Waals surface area (Å²) in [6.07, 6.45) is 5.69. The van der Waals surface area contributed by atoms with Gasteiger partial charge in [0, 0.05) is 29.0 Å². The maximum absolute atomic E-state index is 4.54. The maximum atomic E-state index is 4.54. The summed E-state index contributed by atoms with van der Waals surface area (Å²) in [6.45, 7) is 5.17. The van der Waals surface area contributed by atoms with E-state index >= 15 is 0 Å². The second-order valence-electron chi connectivity index (χ2n) is 4.73. The first-order valence-electron chi connectivity index (χ1n) is 7.01. The summed E-state index contributed by atoms with van der Waals surface area (Å²) in [7, 11) is 0. The first-order valence-corrected chi connectivity index (χ1v) is 7.80. The molecule has 0 aliphatic rings. The number of hydrogen-bond acceptors (Lipinski definition) is 3. The van der Waals surface area contributed by atoms with Crippen LogP contribution in [0.1, 0.15) is 36.8 Å². The van der Waals surface area contributed by atoms with E-state index in [4.69, 9.17) is 0 Å². The summed E-state index contributed by atoms with van der Waals surface area (Å²) in [5, 5.41) is 3.48. The molecule has 20 heavy (non-hydrogen) atoms. The molecule has 1 N–H and O–H groups in total.